The number of alkyl halides is 1. The number of halogens is 4. The van der Waals surface area contributed by atoms with Crippen molar-refractivity contribution in [2.24, 2.45) is 12.2 Å². The largest absolute Gasteiger partial charge is 0.278 e. The van der Waals surface area contributed by atoms with E-state index < -0.39 is 31.8 Å². The maximum atomic E-state index is 13.7. The van der Waals surface area contributed by atoms with Crippen LogP contribution in [0.1, 0.15) is 18.1 Å². The molecule has 1 aliphatic rings. The van der Waals surface area contributed by atoms with Crippen molar-refractivity contribution in [3.63, 3.8) is 0 Å². The highest BCUT2D eigenvalue weighted by Gasteiger charge is 2.47. The van der Waals surface area contributed by atoms with E-state index in [4.69, 9.17) is 28.3 Å². The minimum Gasteiger partial charge on any atom is -0.278 e. The number of hydrogen-bond acceptors (Lipinski definition) is 3. The van der Waals surface area contributed by atoms with Crippen molar-refractivity contribution < 1.29 is 17.2 Å². The van der Waals surface area contributed by atoms with Crippen LogP contribution >= 0.6 is 23.2 Å². The molecule has 2 aromatic carbocycles. The van der Waals surface area contributed by atoms with Gasteiger partial charge in [0.05, 0.1) is 17.4 Å². The summed E-state index contributed by atoms with van der Waals surface area (Å²) in [5, 5.41) is 4.70. The molecular formula is C22H19Cl2F2N3O3S. The van der Waals surface area contributed by atoms with Crippen LogP contribution in [-0.2, 0) is 28.5 Å². The minimum atomic E-state index is -4.13. The smallest absolute Gasteiger partial charge is 0.274 e. The van der Waals surface area contributed by atoms with E-state index in [9.17, 15) is 22.0 Å². The second kappa shape index (κ2) is 8.09. The second-order valence-electron chi connectivity index (χ2n) is 8.02. The molecule has 2 unspecified atom stereocenters. The van der Waals surface area contributed by atoms with E-state index in [1.54, 1.807) is 23.7 Å². The van der Waals surface area contributed by atoms with Gasteiger partial charge >= 0.3 is 0 Å². The van der Waals surface area contributed by atoms with Gasteiger partial charge in [0, 0.05) is 12.1 Å². The van der Waals surface area contributed by atoms with Gasteiger partial charge < -0.3 is 0 Å². The number of nitrogens with two attached hydrogens (primary N) is 1. The predicted octanol–water partition coefficient (Wildman–Crippen LogP) is 3.84. The quantitative estimate of drug-likeness (QED) is 0.537. The highest BCUT2D eigenvalue weighted by atomic mass is 35.5. The minimum absolute atomic E-state index is 0.102. The van der Waals surface area contributed by atoms with Crippen molar-refractivity contribution in [2.45, 2.75) is 23.6 Å². The van der Waals surface area contributed by atoms with Gasteiger partial charge in [-0.05, 0) is 54.5 Å². The van der Waals surface area contributed by atoms with Gasteiger partial charge in [-0.15, -0.1) is 11.6 Å². The normalized spacial score (nSPS) is 21.2. The lowest BCUT2D eigenvalue weighted by Crippen LogP contribution is -2.45. The van der Waals surface area contributed by atoms with Crippen LogP contribution in [0.5, 0.6) is 0 Å². The third-order valence-corrected chi connectivity index (χ3v) is 8.05. The van der Waals surface area contributed by atoms with Crippen LogP contribution in [-0.4, -0.2) is 23.0 Å². The molecule has 3 aromatic rings. The second-order valence-corrected chi connectivity index (χ2v) is 10.7. The Morgan fingerprint density at radius 3 is 2.48 bits per heavy atom. The Labute approximate surface area is 198 Å². The van der Waals surface area contributed by atoms with Crippen LogP contribution < -0.4 is 10.7 Å². The molecule has 0 saturated carbocycles. The summed E-state index contributed by atoms with van der Waals surface area (Å²) in [6.07, 6.45) is 2.87. The number of allylic oxidation sites excluding steroid dienone is 3. The van der Waals surface area contributed by atoms with Crippen molar-refractivity contribution >= 4 is 44.1 Å². The third kappa shape index (κ3) is 4.03. The molecule has 1 aromatic heterocycles. The third-order valence-electron chi connectivity index (χ3n) is 5.76. The van der Waals surface area contributed by atoms with Crippen molar-refractivity contribution in [1.82, 2.24) is 9.36 Å². The first-order valence-corrected chi connectivity index (χ1v) is 12.1. The summed E-state index contributed by atoms with van der Waals surface area (Å²) in [5.41, 5.74) is 1.27. The molecule has 0 bridgehead atoms. The highest BCUT2D eigenvalue weighted by Crippen LogP contribution is 2.45. The zero-order valence-electron chi connectivity index (χ0n) is 17.5. The van der Waals surface area contributed by atoms with E-state index in [1.165, 1.54) is 36.0 Å². The van der Waals surface area contributed by atoms with Gasteiger partial charge in [0.15, 0.2) is 11.6 Å². The van der Waals surface area contributed by atoms with Crippen molar-refractivity contribution in [3.05, 3.63) is 92.3 Å². The first-order valence-electron chi connectivity index (χ1n) is 9.74. The molecule has 0 amide bonds. The Morgan fingerprint density at radius 2 is 1.85 bits per heavy atom. The van der Waals surface area contributed by atoms with Crippen molar-refractivity contribution in [2.75, 3.05) is 0 Å². The Bertz CT molecular complexity index is 1530. The van der Waals surface area contributed by atoms with Crippen LogP contribution in [0.2, 0.25) is 0 Å². The molecule has 0 saturated heterocycles. The van der Waals surface area contributed by atoms with E-state index in [0.29, 0.717) is 22.2 Å². The first kappa shape index (κ1) is 23.7. The van der Waals surface area contributed by atoms with E-state index in [-0.39, 0.29) is 22.5 Å². The van der Waals surface area contributed by atoms with Crippen LogP contribution in [0, 0.1) is 11.6 Å². The Kier molecular flexibility index (Phi) is 5.81. The molecule has 4 rings (SSSR count). The van der Waals surface area contributed by atoms with Crippen molar-refractivity contribution in [1.29, 1.82) is 0 Å². The van der Waals surface area contributed by atoms with Gasteiger partial charge in [0.1, 0.15) is 10.1 Å². The lowest BCUT2D eigenvalue weighted by Gasteiger charge is -2.35. The van der Waals surface area contributed by atoms with Gasteiger partial charge in [-0.2, -0.15) is 0 Å². The number of hydrogen-bond donors (Lipinski definition) is 1. The molecule has 33 heavy (non-hydrogen) atoms. The zero-order chi connectivity index (χ0) is 24.3. The van der Waals surface area contributed by atoms with Gasteiger partial charge in [-0.1, -0.05) is 29.3 Å². The monoisotopic (exact) mass is 513 g/mol. The van der Waals surface area contributed by atoms with Gasteiger partial charge in [0.2, 0.25) is 10.0 Å². The Hall–Kier alpha value is -2.46. The van der Waals surface area contributed by atoms with Gasteiger partial charge in [0.25, 0.3) is 5.56 Å². The molecule has 0 fully saturated rings. The molecule has 6 nitrogen and oxygen atoms in total. The van der Waals surface area contributed by atoms with Crippen LogP contribution in [0.3, 0.4) is 0 Å². The lowest BCUT2D eigenvalue weighted by molar-refractivity contribution is 0.502. The average molecular weight is 514 g/mol. The molecular weight excluding hydrogens is 495 g/mol. The number of benzene rings is 2. The maximum absolute atomic E-state index is 13.7. The van der Waals surface area contributed by atoms with Crippen molar-refractivity contribution in [3.8, 4) is 0 Å². The van der Waals surface area contributed by atoms with E-state index in [2.05, 4.69) is 0 Å². The molecule has 0 radical (unpaired) electrons. The molecule has 11 heteroatoms. The summed E-state index contributed by atoms with van der Waals surface area (Å²) in [7, 11) is -2.59. The number of fused-ring (bicyclic) bond motifs is 1. The number of sulfonamides is 1. The van der Waals surface area contributed by atoms with Crippen LogP contribution in [0.4, 0.5) is 8.78 Å². The standard InChI is InChI=1S/C22H19Cl2F2N3O3S/c1-12-7-15(23)10-22(24,20(12)33(27,31)32)14-4-6-19-16(9-14)21(30)28(2)29(19)11-13-3-5-17(25)18(26)8-13/h3-10,20H,11H2,1-2H3,(H2,27,31,32). The topological polar surface area (TPSA) is 87.1 Å². The summed E-state index contributed by atoms with van der Waals surface area (Å²) in [4.78, 5) is 11.3. The number of aromatic nitrogens is 2. The number of primary sulfonamides is 1. The lowest BCUT2D eigenvalue weighted by atomic mass is 9.86. The van der Waals surface area contributed by atoms with E-state index in [0.717, 1.165) is 12.1 Å². The van der Waals surface area contributed by atoms with Gasteiger partial charge in [-0.3, -0.25) is 14.2 Å². The molecule has 0 spiro atoms. The average Bonchev–Trinajstić information content (AvgIpc) is 2.93. The molecule has 2 N–H and O–H groups in total. The summed E-state index contributed by atoms with van der Waals surface area (Å²) in [6.45, 7) is 1.67. The highest BCUT2D eigenvalue weighted by molar-refractivity contribution is 7.90. The molecule has 2 atom stereocenters. The Morgan fingerprint density at radius 1 is 1.15 bits per heavy atom. The summed E-state index contributed by atoms with van der Waals surface area (Å²) >= 11 is 13.0. The fourth-order valence-corrected chi connectivity index (χ4v) is 6.74. The molecule has 174 valence electrons. The SMILES string of the molecule is CC1=CC(Cl)=CC(Cl)(c2ccc3c(c2)c(=O)n(C)n3Cc2ccc(F)c(F)c2)C1S(N)(=O)=O. The van der Waals surface area contributed by atoms with Gasteiger partial charge in [-0.25, -0.2) is 22.3 Å². The number of nitrogens with zero attached hydrogens (tertiary/aromatic N) is 2. The maximum Gasteiger partial charge on any atom is 0.274 e. The van der Waals surface area contributed by atoms with Crippen LogP contribution in [0.15, 0.2) is 64.0 Å². The van der Waals surface area contributed by atoms with E-state index >= 15 is 0 Å². The summed E-state index contributed by atoms with van der Waals surface area (Å²) in [5.74, 6) is -1.95. The number of rotatable bonds is 4. The molecule has 1 heterocycles. The molecule has 0 aliphatic heterocycles. The van der Waals surface area contributed by atoms with E-state index in [1.807, 2.05) is 0 Å². The Balaban J connectivity index is 1.87. The fraction of sp³-hybridized carbons (Fsp3) is 0.227. The summed E-state index contributed by atoms with van der Waals surface area (Å²) < 4.78 is 54.6. The zero-order valence-corrected chi connectivity index (χ0v) is 19.8. The first-order chi connectivity index (χ1) is 15.3. The van der Waals surface area contributed by atoms with Crippen LogP contribution in [0.25, 0.3) is 10.9 Å². The summed E-state index contributed by atoms with van der Waals surface area (Å²) in [6, 6.07) is 8.22. The molecule has 1 aliphatic carbocycles. The fourth-order valence-electron chi connectivity index (χ4n) is 4.29. The predicted molar refractivity (Wildman–Crippen MR) is 125 cm³/mol.